The summed E-state index contributed by atoms with van der Waals surface area (Å²) in [5, 5.41) is 9.01. The number of halogens is 1. The zero-order chi connectivity index (χ0) is 16.2. The maximum absolute atomic E-state index is 9.01. The van der Waals surface area contributed by atoms with E-state index in [0.29, 0.717) is 0 Å². The largest absolute Gasteiger partial charge is 0.495 e. The van der Waals surface area contributed by atoms with Gasteiger partial charge in [0, 0.05) is 4.47 Å². The molecule has 18 heavy (non-hydrogen) atoms. The van der Waals surface area contributed by atoms with Crippen molar-refractivity contribution in [2.75, 3.05) is 0 Å². The molecule has 0 amide bonds. The maximum Gasteiger partial charge on any atom is 0.495 e. The van der Waals surface area contributed by atoms with Crippen molar-refractivity contribution < 1.29 is 13.4 Å². The average Bonchev–Trinajstić information content (AvgIpc) is 2.57. The van der Waals surface area contributed by atoms with Gasteiger partial charge in [-0.1, -0.05) is 22.0 Å². The third kappa shape index (κ3) is 2.21. The van der Waals surface area contributed by atoms with Crippen LogP contribution in [0.1, 0.15) is 37.4 Å². The molecule has 5 heteroatoms. The molecule has 0 spiro atoms. The Bertz CT molecular complexity index is 613. The molecule has 0 aromatic heterocycles. The van der Waals surface area contributed by atoms with Crippen LogP contribution in [-0.2, 0) is 9.31 Å². The molecule has 94 valence electrons. The molecule has 2 rings (SSSR count). The maximum atomic E-state index is 9.01. The first kappa shape index (κ1) is 10.0. The van der Waals surface area contributed by atoms with Gasteiger partial charge in [-0.3, -0.25) is 0 Å². The summed E-state index contributed by atoms with van der Waals surface area (Å²) in [6.07, 6.45) is 0. The fourth-order valence-electron chi connectivity index (χ4n) is 1.57. The number of benzene rings is 1. The van der Waals surface area contributed by atoms with Crippen LogP contribution in [0.2, 0.25) is 0 Å². The van der Waals surface area contributed by atoms with Crippen molar-refractivity contribution in [3.8, 4) is 6.07 Å². The topological polar surface area (TPSA) is 42.2 Å². The van der Waals surface area contributed by atoms with E-state index in [1.165, 1.54) is 0 Å². The van der Waals surface area contributed by atoms with E-state index in [9.17, 15) is 0 Å². The van der Waals surface area contributed by atoms with Crippen molar-refractivity contribution in [2.45, 2.75) is 38.9 Å². The lowest BCUT2D eigenvalue weighted by atomic mass is 9.79. The van der Waals surface area contributed by atoms with E-state index in [2.05, 4.69) is 15.9 Å². The Morgan fingerprint density at radius 3 is 2.33 bits per heavy atom. The van der Waals surface area contributed by atoms with Gasteiger partial charge in [0.05, 0.1) is 26.9 Å². The van der Waals surface area contributed by atoms with Gasteiger partial charge in [0.1, 0.15) is 0 Å². The molecule has 1 aromatic rings. The van der Waals surface area contributed by atoms with Gasteiger partial charge in [-0.2, -0.15) is 5.26 Å². The third-order valence-corrected chi connectivity index (χ3v) is 4.02. The van der Waals surface area contributed by atoms with Gasteiger partial charge in [0.2, 0.25) is 0 Å². The Hall–Kier alpha value is -0.825. The molecular formula is C13H15BBrNO2. The molecule has 3 nitrogen and oxygen atoms in total. The number of hydrogen-bond acceptors (Lipinski definition) is 3. The summed E-state index contributed by atoms with van der Waals surface area (Å²) in [6, 6.07) is 1.23. The highest BCUT2D eigenvalue weighted by molar-refractivity contribution is 9.10. The quantitative estimate of drug-likeness (QED) is 0.749. The summed E-state index contributed by atoms with van der Waals surface area (Å²) < 4.78 is 35.9. The molecule has 1 saturated heterocycles. The lowest BCUT2D eigenvalue weighted by molar-refractivity contribution is 0.00578. The predicted molar refractivity (Wildman–Crippen MR) is 74.6 cm³/mol. The zero-order valence-electron chi connectivity index (χ0n) is 13.7. The summed E-state index contributed by atoms with van der Waals surface area (Å²) in [5.41, 5.74) is -1.02. The minimum Gasteiger partial charge on any atom is -0.399 e. The highest BCUT2D eigenvalue weighted by Gasteiger charge is 2.52. The van der Waals surface area contributed by atoms with Crippen molar-refractivity contribution in [3.63, 3.8) is 0 Å². The van der Waals surface area contributed by atoms with Crippen LogP contribution in [0, 0.1) is 11.3 Å². The van der Waals surface area contributed by atoms with Crippen LogP contribution >= 0.6 is 15.9 Å². The third-order valence-electron chi connectivity index (χ3n) is 3.39. The molecule has 0 saturated carbocycles. The fourth-order valence-corrected chi connectivity index (χ4v) is 2.06. The van der Waals surface area contributed by atoms with Crippen molar-refractivity contribution in [3.05, 3.63) is 28.2 Å². The first-order valence-corrected chi connectivity index (χ1v) is 6.37. The van der Waals surface area contributed by atoms with Crippen LogP contribution in [0.15, 0.2) is 22.6 Å². The Labute approximate surface area is 121 Å². The Morgan fingerprint density at radius 1 is 1.28 bits per heavy atom. The molecule has 1 aromatic carbocycles. The normalized spacial score (nSPS) is 23.1. The van der Waals surface area contributed by atoms with Gasteiger partial charge in [0.15, 0.2) is 0 Å². The van der Waals surface area contributed by atoms with Crippen molar-refractivity contribution in [1.82, 2.24) is 0 Å². The molecule has 1 heterocycles. The van der Waals surface area contributed by atoms with Crippen LogP contribution in [0.5, 0.6) is 0 Å². The Balaban J connectivity index is 2.61. The van der Waals surface area contributed by atoms with Gasteiger partial charge in [-0.15, -0.1) is 0 Å². The SMILES string of the molecule is [2H]c1c([2H])c(B2OC(C)(C)C(C)(C)O2)c(Br)c([2H])c1C#N. The number of nitrogens with zero attached hydrogens (tertiary/aromatic N) is 1. The van der Waals surface area contributed by atoms with E-state index < -0.39 is 18.3 Å². The minimum atomic E-state index is -0.849. The molecule has 0 unspecified atom stereocenters. The smallest absolute Gasteiger partial charge is 0.399 e. The summed E-state index contributed by atoms with van der Waals surface area (Å²) in [4.78, 5) is 0. The monoisotopic (exact) mass is 310 g/mol. The second-order valence-electron chi connectivity index (χ2n) is 5.18. The summed E-state index contributed by atoms with van der Waals surface area (Å²) in [7, 11) is -0.849. The predicted octanol–water partition coefficient (Wildman–Crippen LogP) is 2.62. The highest BCUT2D eigenvalue weighted by Crippen LogP contribution is 2.37. The van der Waals surface area contributed by atoms with Crippen LogP contribution in [0.3, 0.4) is 0 Å². The van der Waals surface area contributed by atoms with Crippen LogP contribution in [0.25, 0.3) is 0 Å². The molecule has 0 N–H and O–H groups in total. The minimum absolute atomic E-state index is 0.122. The summed E-state index contributed by atoms with van der Waals surface area (Å²) in [6.45, 7) is 7.55. The molecule has 0 aliphatic carbocycles. The van der Waals surface area contributed by atoms with Gasteiger partial charge in [-0.25, -0.2) is 0 Å². The van der Waals surface area contributed by atoms with E-state index in [1.807, 2.05) is 27.7 Å². The molecule has 0 bridgehead atoms. The van der Waals surface area contributed by atoms with Crippen molar-refractivity contribution in [1.29, 1.82) is 5.26 Å². The average molecular weight is 311 g/mol. The lowest BCUT2D eigenvalue weighted by Gasteiger charge is -2.32. The van der Waals surface area contributed by atoms with Gasteiger partial charge in [0.25, 0.3) is 0 Å². The molecular weight excluding hydrogens is 293 g/mol. The van der Waals surface area contributed by atoms with Gasteiger partial charge < -0.3 is 9.31 Å². The first-order chi connectivity index (χ1) is 9.53. The standard InChI is InChI=1S/C13H15BBrNO2/c1-12(2)13(3,4)18-14(17-12)10-6-5-9(8-16)7-11(10)15/h5-7H,1-4H3/i5D,6D,7D. The molecule has 0 radical (unpaired) electrons. The second kappa shape index (κ2) is 4.38. The summed E-state index contributed by atoms with van der Waals surface area (Å²) >= 11 is 3.24. The van der Waals surface area contributed by atoms with E-state index in [-0.39, 0.29) is 33.6 Å². The molecule has 0 atom stereocenters. The Morgan fingerprint density at radius 2 is 1.83 bits per heavy atom. The molecule has 1 aliphatic rings. The second-order valence-corrected chi connectivity index (χ2v) is 5.97. The first-order valence-electron chi connectivity index (χ1n) is 7.08. The van der Waals surface area contributed by atoms with Crippen LogP contribution in [0.4, 0.5) is 0 Å². The van der Waals surface area contributed by atoms with E-state index in [1.54, 1.807) is 6.07 Å². The zero-order valence-corrected chi connectivity index (χ0v) is 12.3. The fraction of sp³-hybridized carbons (Fsp3) is 0.462. The van der Waals surface area contributed by atoms with Crippen LogP contribution in [-0.4, -0.2) is 18.3 Å². The molecule has 1 fully saturated rings. The number of nitriles is 1. The van der Waals surface area contributed by atoms with E-state index >= 15 is 0 Å². The van der Waals surface area contributed by atoms with Gasteiger partial charge >= 0.3 is 7.12 Å². The van der Waals surface area contributed by atoms with Crippen LogP contribution < -0.4 is 5.46 Å². The van der Waals surface area contributed by atoms with E-state index in [4.69, 9.17) is 18.7 Å². The Kier molecular flexibility index (Phi) is 2.44. The lowest BCUT2D eigenvalue weighted by Crippen LogP contribution is -2.41. The summed E-state index contributed by atoms with van der Waals surface area (Å²) in [5.74, 6) is 0. The van der Waals surface area contributed by atoms with Crippen molar-refractivity contribution >= 4 is 28.5 Å². The highest BCUT2D eigenvalue weighted by atomic mass is 79.9. The molecule has 1 aliphatic heterocycles. The van der Waals surface area contributed by atoms with E-state index in [0.717, 1.165) is 0 Å². The number of rotatable bonds is 1. The number of hydrogen-bond donors (Lipinski definition) is 0. The van der Waals surface area contributed by atoms with Crippen molar-refractivity contribution in [2.24, 2.45) is 0 Å². The van der Waals surface area contributed by atoms with Gasteiger partial charge in [-0.05, 0) is 45.2 Å².